The van der Waals surface area contributed by atoms with Crippen LogP contribution in [0.15, 0.2) is 18.2 Å². The summed E-state index contributed by atoms with van der Waals surface area (Å²) in [6.45, 7) is 2.71. The Hall–Kier alpha value is -1.58. The van der Waals surface area contributed by atoms with Crippen molar-refractivity contribution in [2.45, 2.75) is 19.8 Å². The number of hydrogen-bond donors (Lipinski definition) is 1. The van der Waals surface area contributed by atoms with Crippen LogP contribution in [0.5, 0.6) is 0 Å². The highest BCUT2D eigenvalue weighted by Gasteiger charge is 2.15. The molecule has 0 fully saturated rings. The number of benzene rings is 1. The highest BCUT2D eigenvalue weighted by molar-refractivity contribution is 5.99. The van der Waals surface area contributed by atoms with Crippen LogP contribution in [0, 0.1) is 5.82 Å². The van der Waals surface area contributed by atoms with Crippen molar-refractivity contribution in [3.05, 3.63) is 29.6 Å². The van der Waals surface area contributed by atoms with Crippen LogP contribution < -0.4 is 5.73 Å². The van der Waals surface area contributed by atoms with Crippen LogP contribution in [-0.2, 0) is 0 Å². The molecule has 1 aromatic carbocycles. The van der Waals surface area contributed by atoms with E-state index in [4.69, 9.17) is 5.73 Å². The van der Waals surface area contributed by atoms with Gasteiger partial charge in [0.15, 0.2) is 0 Å². The third-order valence-corrected chi connectivity index (χ3v) is 2.48. The quantitative estimate of drug-likeness (QED) is 0.797. The van der Waals surface area contributed by atoms with Gasteiger partial charge in [-0.2, -0.15) is 0 Å². The Morgan fingerprint density at radius 2 is 2.19 bits per heavy atom. The van der Waals surface area contributed by atoms with Crippen molar-refractivity contribution in [3.8, 4) is 0 Å². The minimum absolute atomic E-state index is 0.0733. The van der Waals surface area contributed by atoms with Crippen molar-refractivity contribution in [1.82, 2.24) is 4.90 Å². The maximum absolute atomic E-state index is 13.2. The zero-order chi connectivity index (χ0) is 12.1. The average Bonchev–Trinajstić information content (AvgIpc) is 2.28. The molecule has 0 radical (unpaired) electrons. The molecule has 0 aliphatic carbocycles. The number of amides is 1. The first-order valence-corrected chi connectivity index (χ1v) is 5.37. The third kappa shape index (κ3) is 2.72. The molecule has 0 aliphatic rings. The molecule has 0 saturated carbocycles. The Bertz CT molecular complexity index is 379. The Morgan fingerprint density at radius 3 is 2.81 bits per heavy atom. The maximum atomic E-state index is 13.2. The summed E-state index contributed by atoms with van der Waals surface area (Å²) in [6.07, 6.45) is 1.94. The Kier molecular flexibility index (Phi) is 4.28. The van der Waals surface area contributed by atoms with Crippen LogP contribution in [0.25, 0.3) is 0 Å². The first-order valence-electron chi connectivity index (χ1n) is 5.37. The van der Waals surface area contributed by atoms with E-state index in [9.17, 15) is 9.18 Å². The standard InChI is InChI=1S/C12H17FN2O/c1-3-4-8-15(2)12(16)9-6-5-7-10(13)11(9)14/h5-7H,3-4,8,14H2,1-2H3. The molecular weight excluding hydrogens is 207 g/mol. The average molecular weight is 224 g/mol. The van der Waals surface area contributed by atoms with Crippen LogP contribution in [-0.4, -0.2) is 24.4 Å². The fourth-order valence-corrected chi connectivity index (χ4v) is 1.43. The van der Waals surface area contributed by atoms with Gasteiger partial charge < -0.3 is 10.6 Å². The summed E-state index contributed by atoms with van der Waals surface area (Å²) in [6, 6.07) is 4.29. The molecule has 0 bridgehead atoms. The van der Waals surface area contributed by atoms with E-state index in [-0.39, 0.29) is 17.2 Å². The van der Waals surface area contributed by atoms with Gasteiger partial charge in [0.2, 0.25) is 0 Å². The van der Waals surface area contributed by atoms with Crippen molar-refractivity contribution >= 4 is 11.6 Å². The summed E-state index contributed by atoms with van der Waals surface area (Å²) >= 11 is 0. The van der Waals surface area contributed by atoms with Gasteiger partial charge in [-0.1, -0.05) is 19.4 Å². The summed E-state index contributed by atoms with van der Waals surface area (Å²) < 4.78 is 13.2. The van der Waals surface area contributed by atoms with Gasteiger partial charge in [-0.15, -0.1) is 0 Å². The van der Waals surface area contributed by atoms with Crippen LogP contribution in [0.3, 0.4) is 0 Å². The molecule has 4 heteroatoms. The topological polar surface area (TPSA) is 46.3 Å². The van der Waals surface area contributed by atoms with E-state index >= 15 is 0 Å². The fourth-order valence-electron chi connectivity index (χ4n) is 1.43. The summed E-state index contributed by atoms with van der Waals surface area (Å²) in [5.41, 5.74) is 5.69. The molecule has 0 heterocycles. The lowest BCUT2D eigenvalue weighted by atomic mass is 10.1. The number of nitrogens with two attached hydrogens (primary N) is 1. The molecular formula is C12H17FN2O. The number of nitrogens with zero attached hydrogens (tertiary/aromatic N) is 1. The molecule has 1 aromatic rings. The van der Waals surface area contributed by atoms with Crippen molar-refractivity contribution in [3.63, 3.8) is 0 Å². The van der Waals surface area contributed by atoms with Gasteiger partial charge in [0.25, 0.3) is 5.91 Å². The molecule has 0 aliphatic heterocycles. The number of rotatable bonds is 4. The zero-order valence-electron chi connectivity index (χ0n) is 9.66. The first kappa shape index (κ1) is 12.5. The lowest BCUT2D eigenvalue weighted by Gasteiger charge is -2.17. The number of para-hydroxylation sites is 1. The van der Waals surface area contributed by atoms with E-state index < -0.39 is 5.82 Å². The van der Waals surface area contributed by atoms with E-state index in [0.717, 1.165) is 12.8 Å². The number of anilines is 1. The predicted molar refractivity (Wildman–Crippen MR) is 62.7 cm³/mol. The second-order valence-electron chi connectivity index (χ2n) is 3.78. The number of hydrogen-bond acceptors (Lipinski definition) is 2. The smallest absolute Gasteiger partial charge is 0.255 e. The Balaban J connectivity index is 2.84. The lowest BCUT2D eigenvalue weighted by molar-refractivity contribution is 0.0794. The van der Waals surface area contributed by atoms with Crippen molar-refractivity contribution in [2.75, 3.05) is 19.3 Å². The third-order valence-electron chi connectivity index (χ3n) is 2.48. The molecule has 16 heavy (non-hydrogen) atoms. The van der Waals surface area contributed by atoms with Crippen molar-refractivity contribution in [2.24, 2.45) is 0 Å². The van der Waals surface area contributed by atoms with E-state index in [2.05, 4.69) is 6.92 Å². The molecule has 0 atom stereocenters. The number of unbranched alkanes of at least 4 members (excludes halogenated alkanes) is 1. The molecule has 1 amide bonds. The molecule has 1 rings (SSSR count). The van der Waals surface area contributed by atoms with Crippen LogP contribution in [0.1, 0.15) is 30.1 Å². The molecule has 2 N–H and O–H groups in total. The van der Waals surface area contributed by atoms with Crippen LogP contribution in [0.4, 0.5) is 10.1 Å². The normalized spacial score (nSPS) is 10.2. The number of carbonyl (C=O) groups is 1. The number of nitrogen functional groups attached to an aromatic ring is 1. The van der Waals surface area contributed by atoms with E-state index in [1.165, 1.54) is 12.1 Å². The first-order chi connectivity index (χ1) is 7.57. The molecule has 0 aromatic heterocycles. The number of halogens is 1. The maximum Gasteiger partial charge on any atom is 0.255 e. The van der Waals surface area contributed by atoms with Gasteiger partial charge in [-0.05, 0) is 18.6 Å². The van der Waals surface area contributed by atoms with E-state index in [0.29, 0.717) is 6.54 Å². The van der Waals surface area contributed by atoms with Crippen LogP contribution >= 0.6 is 0 Å². The largest absolute Gasteiger partial charge is 0.396 e. The fraction of sp³-hybridized carbons (Fsp3) is 0.417. The second-order valence-corrected chi connectivity index (χ2v) is 3.78. The van der Waals surface area contributed by atoms with E-state index in [1.54, 1.807) is 18.0 Å². The van der Waals surface area contributed by atoms with Gasteiger partial charge in [-0.3, -0.25) is 4.79 Å². The van der Waals surface area contributed by atoms with Crippen molar-refractivity contribution < 1.29 is 9.18 Å². The predicted octanol–water partition coefficient (Wildman–Crippen LogP) is 2.28. The highest BCUT2D eigenvalue weighted by Crippen LogP contribution is 2.17. The molecule has 88 valence electrons. The van der Waals surface area contributed by atoms with Gasteiger partial charge in [-0.25, -0.2) is 4.39 Å². The number of carbonyl (C=O) groups excluding carboxylic acids is 1. The SMILES string of the molecule is CCCCN(C)C(=O)c1cccc(F)c1N. The molecule has 0 saturated heterocycles. The molecule has 0 unspecified atom stereocenters. The monoisotopic (exact) mass is 224 g/mol. The van der Waals surface area contributed by atoms with Gasteiger partial charge in [0.1, 0.15) is 5.82 Å². The Morgan fingerprint density at radius 1 is 1.50 bits per heavy atom. The van der Waals surface area contributed by atoms with E-state index in [1.807, 2.05) is 0 Å². The lowest BCUT2D eigenvalue weighted by Crippen LogP contribution is -2.28. The second kappa shape index (κ2) is 5.49. The summed E-state index contributed by atoms with van der Waals surface area (Å²) in [4.78, 5) is 13.5. The summed E-state index contributed by atoms with van der Waals surface area (Å²) in [7, 11) is 1.70. The van der Waals surface area contributed by atoms with Gasteiger partial charge in [0, 0.05) is 13.6 Å². The van der Waals surface area contributed by atoms with Crippen molar-refractivity contribution in [1.29, 1.82) is 0 Å². The summed E-state index contributed by atoms with van der Waals surface area (Å²) in [5, 5.41) is 0. The van der Waals surface area contributed by atoms with Crippen LogP contribution in [0.2, 0.25) is 0 Å². The molecule has 3 nitrogen and oxygen atoms in total. The summed E-state index contributed by atoms with van der Waals surface area (Å²) in [5.74, 6) is -0.778. The zero-order valence-corrected chi connectivity index (χ0v) is 9.66. The minimum Gasteiger partial charge on any atom is -0.396 e. The highest BCUT2D eigenvalue weighted by atomic mass is 19.1. The minimum atomic E-state index is -0.547. The van der Waals surface area contributed by atoms with Gasteiger partial charge in [0.05, 0.1) is 11.3 Å². The molecule has 0 spiro atoms. The Labute approximate surface area is 95.0 Å². The van der Waals surface area contributed by atoms with Gasteiger partial charge >= 0.3 is 0 Å².